The van der Waals surface area contributed by atoms with Gasteiger partial charge in [0.05, 0.1) is 23.2 Å². The van der Waals surface area contributed by atoms with E-state index in [-0.39, 0.29) is 18.2 Å². The molecule has 7 heteroatoms. The van der Waals surface area contributed by atoms with E-state index >= 15 is 0 Å². The SMILES string of the molecule is CC(C)c1ncc(C(=O)NC2(CC(=O)O)CCOCC2)s1. The summed E-state index contributed by atoms with van der Waals surface area (Å²) in [5.41, 5.74) is -0.719. The van der Waals surface area contributed by atoms with Crippen LogP contribution in [0, 0.1) is 0 Å². The number of carbonyl (C=O) groups is 2. The maximum absolute atomic E-state index is 12.4. The molecule has 2 heterocycles. The predicted molar refractivity (Wildman–Crippen MR) is 78.7 cm³/mol. The van der Waals surface area contributed by atoms with Crippen LogP contribution >= 0.6 is 11.3 Å². The summed E-state index contributed by atoms with van der Waals surface area (Å²) in [6, 6.07) is 0. The van der Waals surface area contributed by atoms with Crippen LogP contribution in [0.4, 0.5) is 0 Å². The molecule has 0 radical (unpaired) electrons. The Morgan fingerprint density at radius 1 is 1.48 bits per heavy atom. The van der Waals surface area contributed by atoms with Crippen molar-refractivity contribution in [3.8, 4) is 0 Å². The molecule has 1 aromatic heterocycles. The van der Waals surface area contributed by atoms with Gasteiger partial charge in [-0.05, 0) is 12.8 Å². The smallest absolute Gasteiger partial charge is 0.305 e. The van der Waals surface area contributed by atoms with Crippen molar-refractivity contribution in [1.82, 2.24) is 10.3 Å². The summed E-state index contributed by atoms with van der Waals surface area (Å²) in [5.74, 6) is -0.889. The number of ether oxygens (including phenoxy) is 1. The highest BCUT2D eigenvalue weighted by Crippen LogP contribution is 2.27. The molecule has 2 N–H and O–H groups in total. The van der Waals surface area contributed by atoms with Crippen LogP contribution in [0.5, 0.6) is 0 Å². The second-order valence-electron chi connectivity index (χ2n) is 5.63. The van der Waals surface area contributed by atoms with Gasteiger partial charge in [0.1, 0.15) is 4.88 Å². The number of hydrogen-bond acceptors (Lipinski definition) is 5. The van der Waals surface area contributed by atoms with Crippen molar-refractivity contribution in [3.05, 3.63) is 16.1 Å². The molecule has 6 nitrogen and oxygen atoms in total. The number of rotatable bonds is 5. The van der Waals surface area contributed by atoms with Crippen molar-refractivity contribution in [1.29, 1.82) is 0 Å². The Labute approximate surface area is 127 Å². The van der Waals surface area contributed by atoms with Crippen molar-refractivity contribution in [2.24, 2.45) is 0 Å². The minimum Gasteiger partial charge on any atom is -0.481 e. The first kappa shape index (κ1) is 15.9. The molecule has 1 aliphatic rings. The van der Waals surface area contributed by atoms with E-state index in [1.807, 2.05) is 13.8 Å². The van der Waals surface area contributed by atoms with Crippen LogP contribution in [0.2, 0.25) is 0 Å². The third kappa shape index (κ3) is 4.01. The molecule has 1 saturated heterocycles. The molecule has 2 rings (SSSR count). The molecule has 0 bridgehead atoms. The zero-order valence-electron chi connectivity index (χ0n) is 12.2. The highest BCUT2D eigenvalue weighted by Gasteiger charge is 2.37. The fourth-order valence-corrected chi connectivity index (χ4v) is 3.18. The average molecular weight is 312 g/mol. The van der Waals surface area contributed by atoms with Crippen LogP contribution in [0.25, 0.3) is 0 Å². The lowest BCUT2D eigenvalue weighted by Crippen LogP contribution is -2.53. The molecule has 1 aromatic rings. The summed E-state index contributed by atoms with van der Waals surface area (Å²) < 4.78 is 5.28. The zero-order valence-corrected chi connectivity index (χ0v) is 13.0. The zero-order chi connectivity index (χ0) is 15.5. The molecule has 0 saturated carbocycles. The fraction of sp³-hybridized carbons (Fsp3) is 0.643. The maximum Gasteiger partial charge on any atom is 0.305 e. The molecule has 116 valence electrons. The molecule has 0 spiro atoms. The number of nitrogens with one attached hydrogen (secondary N) is 1. The van der Waals surface area contributed by atoms with Crippen molar-refractivity contribution in [2.45, 2.75) is 44.6 Å². The molecule has 21 heavy (non-hydrogen) atoms. The van der Waals surface area contributed by atoms with E-state index in [2.05, 4.69) is 10.3 Å². The van der Waals surface area contributed by atoms with Gasteiger partial charge in [0, 0.05) is 19.1 Å². The number of aliphatic carboxylic acids is 1. The Morgan fingerprint density at radius 3 is 2.67 bits per heavy atom. The number of thiazole rings is 1. The van der Waals surface area contributed by atoms with Gasteiger partial charge in [-0.15, -0.1) is 11.3 Å². The second kappa shape index (κ2) is 6.53. The Hall–Kier alpha value is -1.47. The lowest BCUT2D eigenvalue weighted by Gasteiger charge is -2.36. The summed E-state index contributed by atoms with van der Waals surface area (Å²) in [4.78, 5) is 28.2. The molecule has 1 fully saturated rings. The fourth-order valence-electron chi connectivity index (χ4n) is 2.36. The molecule has 1 amide bonds. The second-order valence-corrected chi connectivity index (χ2v) is 6.70. The lowest BCUT2D eigenvalue weighted by molar-refractivity contribution is -0.139. The molecule has 1 aliphatic heterocycles. The number of aromatic nitrogens is 1. The Balaban J connectivity index is 2.11. The van der Waals surface area contributed by atoms with Crippen molar-refractivity contribution >= 4 is 23.2 Å². The van der Waals surface area contributed by atoms with E-state index in [0.29, 0.717) is 30.9 Å². The van der Waals surface area contributed by atoms with E-state index in [0.717, 1.165) is 5.01 Å². The van der Waals surface area contributed by atoms with E-state index < -0.39 is 11.5 Å². The highest BCUT2D eigenvalue weighted by molar-refractivity contribution is 7.13. The van der Waals surface area contributed by atoms with Crippen LogP contribution < -0.4 is 5.32 Å². The van der Waals surface area contributed by atoms with Gasteiger partial charge in [0.15, 0.2) is 0 Å². The van der Waals surface area contributed by atoms with E-state index in [1.54, 1.807) is 6.20 Å². The third-order valence-electron chi connectivity index (χ3n) is 3.56. The van der Waals surface area contributed by atoms with E-state index in [9.17, 15) is 9.59 Å². The standard InChI is InChI=1S/C14H20N2O4S/c1-9(2)13-15-8-10(21-13)12(19)16-14(7-11(17)18)3-5-20-6-4-14/h8-9H,3-7H2,1-2H3,(H,16,19)(H,17,18). The molecular weight excluding hydrogens is 292 g/mol. The van der Waals surface area contributed by atoms with Crippen LogP contribution in [0.15, 0.2) is 6.20 Å². The monoisotopic (exact) mass is 312 g/mol. The van der Waals surface area contributed by atoms with Crippen LogP contribution in [0.3, 0.4) is 0 Å². The number of carboxylic acids is 1. The number of hydrogen-bond donors (Lipinski definition) is 2. The minimum absolute atomic E-state index is 0.0854. The van der Waals surface area contributed by atoms with E-state index in [1.165, 1.54) is 11.3 Å². The first-order valence-corrected chi connectivity index (χ1v) is 7.81. The number of amides is 1. The van der Waals surface area contributed by atoms with Gasteiger partial charge in [-0.3, -0.25) is 9.59 Å². The molecule has 0 unspecified atom stereocenters. The van der Waals surface area contributed by atoms with Gasteiger partial charge in [-0.2, -0.15) is 0 Å². The number of carbonyl (C=O) groups excluding carboxylic acids is 1. The van der Waals surface area contributed by atoms with Crippen LogP contribution in [0.1, 0.15) is 53.7 Å². The Morgan fingerprint density at radius 2 is 2.14 bits per heavy atom. The summed E-state index contributed by atoms with van der Waals surface area (Å²) >= 11 is 1.35. The van der Waals surface area contributed by atoms with Crippen LogP contribution in [-0.2, 0) is 9.53 Å². The lowest BCUT2D eigenvalue weighted by atomic mass is 9.86. The number of carboxylic acid groups (broad SMARTS) is 1. The van der Waals surface area contributed by atoms with E-state index in [4.69, 9.17) is 9.84 Å². The normalized spacial score (nSPS) is 17.7. The summed E-state index contributed by atoms with van der Waals surface area (Å²) in [7, 11) is 0. The van der Waals surface area contributed by atoms with Gasteiger partial charge in [-0.25, -0.2) is 4.98 Å². The third-order valence-corrected chi connectivity index (χ3v) is 4.86. The van der Waals surface area contributed by atoms with Crippen molar-refractivity contribution in [2.75, 3.05) is 13.2 Å². The van der Waals surface area contributed by atoms with Gasteiger partial charge >= 0.3 is 5.97 Å². The summed E-state index contributed by atoms with van der Waals surface area (Å²) in [5, 5.41) is 12.9. The van der Waals surface area contributed by atoms with Gasteiger partial charge in [-0.1, -0.05) is 13.8 Å². The van der Waals surface area contributed by atoms with Crippen molar-refractivity contribution < 1.29 is 19.4 Å². The largest absolute Gasteiger partial charge is 0.481 e. The van der Waals surface area contributed by atoms with Crippen LogP contribution in [-0.4, -0.2) is 40.7 Å². The maximum atomic E-state index is 12.4. The Bertz CT molecular complexity index is 521. The minimum atomic E-state index is -0.913. The quantitative estimate of drug-likeness (QED) is 0.868. The molecule has 0 aromatic carbocycles. The first-order chi connectivity index (χ1) is 9.92. The number of nitrogens with zero attached hydrogens (tertiary/aromatic N) is 1. The highest BCUT2D eigenvalue weighted by atomic mass is 32.1. The Kier molecular flexibility index (Phi) is 4.95. The first-order valence-electron chi connectivity index (χ1n) is 7.00. The van der Waals surface area contributed by atoms with Gasteiger partial charge < -0.3 is 15.2 Å². The van der Waals surface area contributed by atoms with Gasteiger partial charge in [0.2, 0.25) is 0 Å². The van der Waals surface area contributed by atoms with Gasteiger partial charge in [0.25, 0.3) is 5.91 Å². The molecular formula is C14H20N2O4S. The molecule has 0 atom stereocenters. The summed E-state index contributed by atoms with van der Waals surface area (Å²) in [6.45, 7) is 4.97. The topological polar surface area (TPSA) is 88.5 Å². The predicted octanol–water partition coefficient (Wildman–Crippen LogP) is 2.02. The average Bonchev–Trinajstić information content (AvgIpc) is 2.88. The van der Waals surface area contributed by atoms with Crippen molar-refractivity contribution in [3.63, 3.8) is 0 Å². The summed E-state index contributed by atoms with van der Waals surface area (Å²) in [6.07, 6.45) is 2.50. The molecule has 0 aliphatic carbocycles.